The SMILES string of the molecule is COc1ccccc1CNC(=O)CN(c1cccc(C(F)(F)F)c1)S(C)(=O)=O. The molecule has 0 fully saturated rings. The quantitative estimate of drug-likeness (QED) is 0.753. The summed E-state index contributed by atoms with van der Waals surface area (Å²) in [6.45, 7) is -0.585. The lowest BCUT2D eigenvalue weighted by Gasteiger charge is -2.23. The number of rotatable bonds is 7. The van der Waals surface area contributed by atoms with E-state index >= 15 is 0 Å². The molecule has 0 aliphatic carbocycles. The molecule has 1 N–H and O–H groups in total. The molecule has 28 heavy (non-hydrogen) atoms. The normalized spacial score (nSPS) is 11.8. The van der Waals surface area contributed by atoms with Crippen LogP contribution in [0.4, 0.5) is 18.9 Å². The van der Waals surface area contributed by atoms with E-state index in [1.165, 1.54) is 13.2 Å². The number of nitrogens with one attached hydrogen (secondary N) is 1. The number of para-hydroxylation sites is 1. The number of carbonyl (C=O) groups is 1. The van der Waals surface area contributed by atoms with Crippen LogP contribution in [0.1, 0.15) is 11.1 Å². The van der Waals surface area contributed by atoms with Crippen molar-refractivity contribution in [3.8, 4) is 5.75 Å². The zero-order valence-electron chi connectivity index (χ0n) is 15.2. The molecule has 0 saturated heterocycles. The van der Waals surface area contributed by atoms with Crippen LogP contribution in [-0.2, 0) is 27.5 Å². The molecular weight excluding hydrogens is 397 g/mol. The molecule has 2 aromatic carbocycles. The van der Waals surface area contributed by atoms with Crippen LogP contribution in [0, 0.1) is 0 Å². The monoisotopic (exact) mass is 416 g/mol. The molecular formula is C18H19F3N2O4S. The third kappa shape index (κ3) is 5.62. The summed E-state index contributed by atoms with van der Waals surface area (Å²) in [4.78, 5) is 12.2. The standard InChI is InChI=1S/C18H19F3N2O4S/c1-27-16-9-4-3-6-13(16)11-22-17(24)12-23(28(2,25)26)15-8-5-7-14(10-15)18(19,20)21/h3-10H,11-12H2,1-2H3,(H,22,24). The first-order chi connectivity index (χ1) is 13.0. The van der Waals surface area contributed by atoms with Crippen molar-refractivity contribution in [2.24, 2.45) is 0 Å². The smallest absolute Gasteiger partial charge is 0.416 e. The molecule has 0 radical (unpaired) electrons. The minimum absolute atomic E-state index is 0.0725. The van der Waals surface area contributed by atoms with Crippen molar-refractivity contribution < 1.29 is 31.1 Å². The van der Waals surface area contributed by atoms with Gasteiger partial charge in [0.05, 0.1) is 24.6 Å². The third-order valence-corrected chi connectivity index (χ3v) is 4.96. The zero-order valence-corrected chi connectivity index (χ0v) is 16.0. The minimum Gasteiger partial charge on any atom is -0.496 e. The summed E-state index contributed by atoms with van der Waals surface area (Å²) in [6, 6.07) is 10.7. The molecule has 2 rings (SSSR count). The highest BCUT2D eigenvalue weighted by atomic mass is 32.2. The lowest BCUT2D eigenvalue weighted by molar-refractivity contribution is -0.137. The Morgan fingerprint density at radius 2 is 1.82 bits per heavy atom. The summed E-state index contributed by atoms with van der Waals surface area (Å²) >= 11 is 0. The summed E-state index contributed by atoms with van der Waals surface area (Å²) in [5.74, 6) is -0.130. The Morgan fingerprint density at radius 3 is 2.43 bits per heavy atom. The number of ether oxygens (including phenoxy) is 1. The molecule has 0 atom stereocenters. The number of amides is 1. The molecule has 0 spiro atoms. The lowest BCUT2D eigenvalue weighted by atomic mass is 10.2. The van der Waals surface area contributed by atoms with Crippen LogP contribution < -0.4 is 14.4 Å². The van der Waals surface area contributed by atoms with Crippen molar-refractivity contribution in [1.29, 1.82) is 0 Å². The van der Waals surface area contributed by atoms with Gasteiger partial charge in [-0.05, 0) is 24.3 Å². The van der Waals surface area contributed by atoms with Gasteiger partial charge in [0, 0.05) is 12.1 Å². The topological polar surface area (TPSA) is 75.7 Å². The second-order valence-corrected chi connectivity index (χ2v) is 7.81. The highest BCUT2D eigenvalue weighted by molar-refractivity contribution is 7.92. The van der Waals surface area contributed by atoms with Crippen LogP contribution in [0.5, 0.6) is 5.75 Å². The number of nitrogens with zero attached hydrogens (tertiary/aromatic N) is 1. The number of sulfonamides is 1. The summed E-state index contributed by atoms with van der Waals surface area (Å²) in [6.07, 6.45) is -3.81. The van der Waals surface area contributed by atoms with Crippen LogP contribution in [0.3, 0.4) is 0 Å². The maximum absolute atomic E-state index is 12.9. The maximum Gasteiger partial charge on any atom is 0.416 e. The van der Waals surface area contributed by atoms with Gasteiger partial charge >= 0.3 is 6.18 Å². The van der Waals surface area contributed by atoms with E-state index in [1.807, 2.05) is 0 Å². The molecule has 0 bridgehead atoms. The van der Waals surface area contributed by atoms with Gasteiger partial charge in [-0.25, -0.2) is 8.42 Å². The average molecular weight is 416 g/mol. The number of hydrogen-bond acceptors (Lipinski definition) is 4. The third-order valence-electron chi connectivity index (χ3n) is 3.82. The first-order valence-electron chi connectivity index (χ1n) is 8.06. The highest BCUT2D eigenvalue weighted by Gasteiger charge is 2.32. The Morgan fingerprint density at radius 1 is 1.14 bits per heavy atom. The fraction of sp³-hybridized carbons (Fsp3) is 0.278. The van der Waals surface area contributed by atoms with Gasteiger partial charge in [0.2, 0.25) is 15.9 Å². The van der Waals surface area contributed by atoms with Crippen LogP contribution in [0.25, 0.3) is 0 Å². The van der Waals surface area contributed by atoms with Gasteiger partial charge in [-0.3, -0.25) is 9.10 Å². The van der Waals surface area contributed by atoms with Crippen molar-refractivity contribution in [1.82, 2.24) is 5.32 Å². The van der Waals surface area contributed by atoms with E-state index in [4.69, 9.17) is 4.74 Å². The van der Waals surface area contributed by atoms with Gasteiger partial charge in [0.25, 0.3) is 0 Å². The van der Waals surface area contributed by atoms with Gasteiger partial charge in [-0.1, -0.05) is 24.3 Å². The molecule has 10 heteroatoms. The van der Waals surface area contributed by atoms with Crippen molar-refractivity contribution in [3.63, 3.8) is 0 Å². The first kappa shape index (κ1) is 21.5. The van der Waals surface area contributed by atoms with Gasteiger partial charge < -0.3 is 10.1 Å². The molecule has 0 aromatic heterocycles. The summed E-state index contributed by atoms with van der Waals surface area (Å²) in [5, 5.41) is 2.54. The van der Waals surface area contributed by atoms with Crippen LogP contribution in [-0.4, -0.2) is 34.2 Å². The molecule has 0 heterocycles. The summed E-state index contributed by atoms with van der Waals surface area (Å²) in [5.41, 5.74) is -0.582. The number of alkyl halides is 3. The van der Waals surface area contributed by atoms with E-state index < -0.39 is 34.2 Å². The Kier molecular flexibility index (Phi) is 6.55. The second-order valence-electron chi connectivity index (χ2n) is 5.91. The lowest BCUT2D eigenvalue weighted by Crippen LogP contribution is -2.40. The van der Waals surface area contributed by atoms with E-state index in [2.05, 4.69) is 5.32 Å². The zero-order chi connectivity index (χ0) is 20.9. The predicted molar refractivity (Wildman–Crippen MR) is 98.5 cm³/mol. The fourth-order valence-corrected chi connectivity index (χ4v) is 3.31. The summed E-state index contributed by atoms with van der Waals surface area (Å²) in [7, 11) is -2.52. The van der Waals surface area contributed by atoms with Gasteiger partial charge in [-0.2, -0.15) is 13.2 Å². The number of hydrogen-bond donors (Lipinski definition) is 1. The van der Waals surface area contributed by atoms with Crippen molar-refractivity contribution in [2.45, 2.75) is 12.7 Å². The predicted octanol–water partition coefficient (Wildman–Crippen LogP) is 2.80. The molecule has 0 aliphatic rings. The van der Waals surface area contributed by atoms with Crippen molar-refractivity contribution in [3.05, 3.63) is 59.7 Å². The number of benzene rings is 2. The number of carbonyl (C=O) groups excluding carboxylic acids is 1. The average Bonchev–Trinajstić information content (AvgIpc) is 2.63. The van der Waals surface area contributed by atoms with E-state index in [0.29, 0.717) is 21.7 Å². The van der Waals surface area contributed by atoms with Crippen LogP contribution >= 0.6 is 0 Å². The van der Waals surface area contributed by atoms with E-state index in [0.717, 1.165) is 18.4 Å². The minimum atomic E-state index is -4.63. The fourth-order valence-electron chi connectivity index (χ4n) is 2.47. The Balaban J connectivity index is 2.18. The number of anilines is 1. The molecule has 0 unspecified atom stereocenters. The van der Waals surface area contributed by atoms with Crippen molar-refractivity contribution in [2.75, 3.05) is 24.2 Å². The van der Waals surface area contributed by atoms with Crippen molar-refractivity contribution >= 4 is 21.6 Å². The molecule has 6 nitrogen and oxygen atoms in total. The molecule has 152 valence electrons. The van der Waals surface area contributed by atoms with Gasteiger partial charge in [0.15, 0.2) is 0 Å². The molecule has 2 aromatic rings. The Hall–Kier alpha value is -2.75. The van der Waals surface area contributed by atoms with Gasteiger partial charge in [0.1, 0.15) is 12.3 Å². The van der Waals surface area contributed by atoms with E-state index in [1.54, 1.807) is 24.3 Å². The summed E-state index contributed by atoms with van der Waals surface area (Å²) < 4.78 is 68.6. The molecule has 0 aliphatic heterocycles. The molecule has 0 saturated carbocycles. The van der Waals surface area contributed by atoms with Crippen LogP contribution in [0.2, 0.25) is 0 Å². The van der Waals surface area contributed by atoms with E-state index in [9.17, 15) is 26.4 Å². The maximum atomic E-state index is 12.9. The number of halogens is 3. The Bertz CT molecular complexity index is 946. The number of methoxy groups -OCH3 is 1. The molecule has 1 amide bonds. The first-order valence-corrected chi connectivity index (χ1v) is 9.91. The second kappa shape index (κ2) is 8.51. The highest BCUT2D eigenvalue weighted by Crippen LogP contribution is 2.32. The van der Waals surface area contributed by atoms with Crippen LogP contribution in [0.15, 0.2) is 48.5 Å². The van der Waals surface area contributed by atoms with E-state index in [-0.39, 0.29) is 12.2 Å². The largest absolute Gasteiger partial charge is 0.496 e. The Labute approximate surface area is 161 Å². The van der Waals surface area contributed by atoms with Gasteiger partial charge in [-0.15, -0.1) is 0 Å².